The molecule has 0 bridgehead atoms. The fourth-order valence-corrected chi connectivity index (χ4v) is 9.13. The molecular formula is C28H33N3O2Si. The van der Waals surface area contributed by atoms with Crippen molar-refractivity contribution in [2.75, 3.05) is 19.5 Å². The molecule has 176 valence electrons. The maximum atomic E-state index is 6.98. The van der Waals surface area contributed by atoms with Crippen LogP contribution >= 0.6 is 0 Å². The lowest BCUT2D eigenvalue weighted by molar-refractivity contribution is 0.274. The smallest absolute Gasteiger partial charge is 0.261 e. The van der Waals surface area contributed by atoms with Crippen molar-refractivity contribution in [3.05, 3.63) is 91.3 Å². The van der Waals surface area contributed by atoms with Gasteiger partial charge in [0.05, 0.1) is 32.1 Å². The van der Waals surface area contributed by atoms with Crippen LogP contribution in [0.1, 0.15) is 20.8 Å². The molecule has 0 saturated carbocycles. The molecule has 1 aromatic heterocycles. The van der Waals surface area contributed by atoms with Gasteiger partial charge in [-0.2, -0.15) is 5.10 Å². The largest absolute Gasteiger partial charge is 0.495 e. The van der Waals surface area contributed by atoms with Crippen molar-refractivity contribution in [2.45, 2.75) is 32.4 Å². The number of rotatable bonds is 8. The summed E-state index contributed by atoms with van der Waals surface area (Å²) >= 11 is 0. The molecule has 0 aliphatic carbocycles. The Kier molecular flexibility index (Phi) is 6.91. The minimum Gasteiger partial charge on any atom is -0.495 e. The average molecular weight is 472 g/mol. The van der Waals surface area contributed by atoms with Crippen LogP contribution in [0.15, 0.2) is 91.3 Å². The van der Waals surface area contributed by atoms with E-state index < -0.39 is 8.32 Å². The first-order valence-electron chi connectivity index (χ1n) is 11.6. The Balaban J connectivity index is 1.59. The first-order valence-corrected chi connectivity index (χ1v) is 13.5. The Labute approximate surface area is 203 Å². The van der Waals surface area contributed by atoms with E-state index in [-0.39, 0.29) is 5.04 Å². The Morgan fingerprint density at radius 3 is 2.06 bits per heavy atom. The second-order valence-electron chi connectivity index (χ2n) is 9.46. The lowest BCUT2D eigenvalue weighted by atomic mass is 10.1. The van der Waals surface area contributed by atoms with Crippen LogP contribution in [0.2, 0.25) is 5.04 Å². The van der Waals surface area contributed by atoms with Crippen LogP contribution in [0.5, 0.6) is 5.75 Å². The van der Waals surface area contributed by atoms with E-state index in [1.54, 1.807) is 7.11 Å². The van der Waals surface area contributed by atoms with E-state index in [2.05, 4.69) is 86.5 Å². The van der Waals surface area contributed by atoms with Crippen LogP contribution in [0.3, 0.4) is 0 Å². The van der Waals surface area contributed by atoms with Crippen molar-refractivity contribution < 1.29 is 9.16 Å². The van der Waals surface area contributed by atoms with E-state index in [4.69, 9.17) is 14.9 Å². The first-order chi connectivity index (χ1) is 16.3. The van der Waals surface area contributed by atoms with Gasteiger partial charge in [-0.05, 0) is 33.1 Å². The number of nitrogens with zero attached hydrogens (tertiary/aromatic N) is 2. The van der Waals surface area contributed by atoms with E-state index in [0.29, 0.717) is 24.6 Å². The van der Waals surface area contributed by atoms with E-state index in [9.17, 15) is 0 Å². The number of nitrogen functional groups attached to an aromatic ring is 1. The molecular weight excluding hydrogens is 438 g/mol. The van der Waals surface area contributed by atoms with Crippen molar-refractivity contribution in [3.8, 4) is 16.9 Å². The molecule has 2 N–H and O–H groups in total. The molecule has 0 saturated heterocycles. The number of hydrogen-bond acceptors (Lipinski definition) is 4. The fraction of sp³-hybridized carbons (Fsp3) is 0.250. The minimum absolute atomic E-state index is 0.0501. The summed E-state index contributed by atoms with van der Waals surface area (Å²) in [5.74, 6) is 0.667. The van der Waals surface area contributed by atoms with Gasteiger partial charge in [0, 0.05) is 11.8 Å². The lowest BCUT2D eigenvalue weighted by Crippen LogP contribution is -2.66. The van der Waals surface area contributed by atoms with Gasteiger partial charge in [-0.25, -0.2) is 0 Å². The number of nitrogens with two attached hydrogens (primary N) is 1. The van der Waals surface area contributed by atoms with Crippen LogP contribution in [0.25, 0.3) is 11.1 Å². The molecule has 0 amide bonds. The quantitative estimate of drug-likeness (QED) is 0.298. The summed E-state index contributed by atoms with van der Waals surface area (Å²) < 4.78 is 14.3. The predicted octanol–water partition coefficient (Wildman–Crippen LogP) is 4.72. The van der Waals surface area contributed by atoms with Crippen molar-refractivity contribution in [2.24, 2.45) is 0 Å². The van der Waals surface area contributed by atoms with Crippen LogP contribution in [-0.2, 0) is 11.0 Å². The van der Waals surface area contributed by atoms with Gasteiger partial charge in [-0.1, -0.05) is 87.5 Å². The molecule has 3 aromatic carbocycles. The number of hydrogen-bond donors (Lipinski definition) is 1. The number of aromatic nitrogens is 2. The van der Waals surface area contributed by atoms with E-state index in [1.807, 2.05) is 35.3 Å². The summed E-state index contributed by atoms with van der Waals surface area (Å²) in [6.45, 7) is 8.11. The first kappa shape index (κ1) is 23.8. The standard InChI is InChI=1S/C28H33N3O2Si/c1-28(2,3)34(24-11-7-5-8-12-24,25-13-9-6-10-14-25)33-18-17-31-21-23(20-30-31)22-15-16-26(29)27(19-22)32-4/h5-16,19-21H,17-18,29H2,1-4H3. The molecule has 0 radical (unpaired) electrons. The van der Waals surface area contributed by atoms with E-state index in [1.165, 1.54) is 10.4 Å². The maximum Gasteiger partial charge on any atom is 0.261 e. The number of methoxy groups -OCH3 is 1. The average Bonchev–Trinajstić information content (AvgIpc) is 3.31. The summed E-state index contributed by atoms with van der Waals surface area (Å²) in [4.78, 5) is 0. The fourth-order valence-electron chi connectivity index (χ4n) is 4.58. The van der Waals surface area contributed by atoms with Gasteiger partial charge < -0.3 is 14.9 Å². The van der Waals surface area contributed by atoms with Crippen molar-refractivity contribution in [3.63, 3.8) is 0 Å². The highest BCUT2D eigenvalue weighted by molar-refractivity contribution is 6.99. The van der Waals surface area contributed by atoms with Gasteiger partial charge in [0.25, 0.3) is 8.32 Å². The molecule has 6 heteroatoms. The summed E-state index contributed by atoms with van der Waals surface area (Å²) in [7, 11) is -0.924. The van der Waals surface area contributed by atoms with Gasteiger partial charge in [-0.3, -0.25) is 4.68 Å². The van der Waals surface area contributed by atoms with Crippen LogP contribution in [-0.4, -0.2) is 31.8 Å². The predicted molar refractivity (Wildman–Crippen MR) is 142 cm³/mol. The SMILES string of the molecule is COc1cc(-c2cnn(CCO[Si](c3ccccc3)(c3ccccc3)C(C)(C)C)c2)ccc1N. The van der Waals surface area contributed by atoms with E-state index >= 15 is 0 Å². The Hall–Kier alpha value is -3.35. The normalized spacial score (nSPS) is 12.0. The van der Waals surface area contributed by atoms with Gasteiger partial charge in [0.2, 0.25) is 0 Å². The Bertz CT molecular complexity index is 1180. The highest BCUT2D eigenvalue weighted by Crippen LogP contribution is 2.36. The van der Waals surface area contributed by atoms with E-state index in [0.717, 1.165) is 11.1 Å². The summed E-state index contributed by atoms with van der Waals surface area (Å²) in [6, 6.07) is 27.2. The van der Waals surface area contributed by atoms with Crippen molar-refractivity contribution >= 4 is 24.4 Å². The highest BCUT2D eigenvalue weighted by atomic mass is 28.4. The topological polar surface area (TPSA) is 62.3 Å². The van der Waals surface area contributed by atoms with Gasteiger partial charge in [0.15, 0.2) is 0 Å². The van der Waals surface area contributed by atoms with Crippen LogP contribution in [0, 0.1) is 0 Å². The Morgan fingerprint density at radius 2 is 1.50 bits per heavy atom. The molecule has 0 unspecified atom stereocenters. The third-order valence-electron chi connectivity index (χ3n) is 6.26. The number of benzene rings is 3. The van der Waals surface area contributed by atoms with Gasteiger partial charge in [-0.15, -0.1) is 0 Å². The highest BCUT2D eigenvalue weighted by Gasteiger charge is 2.50. The second kappa shape index (κ2) is 9.87. The third-order valence-corrected chi connectivity index (χ3v) is 11.3. The molecule has 4 rings (SSSR count). The molecule has 0 aliphatic heterocycles. The number of ether oxygens (including phenoxy) is 1. The van der Waals surface area contributed by atoms with Crippen LogP contribution in [0.4, 0.5) is 5.69 Å². The minimum atomic E-state index is -2.55. The van der Waals surface area contributed by atoms with Crippen molar-refractivity contribution in [1.29, 1.82) is 0 Å². The second-order valence-corrected chi connectivity index (χ2v) is 13.8. The molecule has 4 aromatic rings. The molecule has 0 fully saturated rings. The summed E-state index contributed by atoms with van der Waals surface area (Å²) in [5, 5.41) is 7.09. The third kappa shape index (κ3) is 4.65. The summed E-state index contributed by atoms with van der Waals surface area (Å²) in [6.07, 6.45) is 3.91. The zero-order valence-corrected chi connectivity index (χ0v) is 21.4. The molecule has 1 heterocycles. The molecule has 5 nitrogen and oxygen atoms in total. The lowest BCUT2D eigenvalue weighted by Gasteiger charge is -2.43. The number of anilines is 1. The van der Waals surface area contributed by atoms with Gasteiger partial charge >= 0.3 is 0 Å². The zero-order chi connectivity index (χ0) is 24.2. The monoisotopic (exact) mass is 471 g/mol. The summed E-state index contributed by atoms with van der Waals surface area (Å²) in [5.41, 5.74) is 8.62. The molecule has 0 spiro atoms. The van der Waals surface area contributed by atoms with Crippen molar-refractivity contribution in [1.82, 2.24) is 9.78 Å². The van der Waals surface area contributed by atoms with Crippen LogP contribution < -0.4 is 20.8 Å². The van der Waals surface area contributed by atoms with Gasteiger partial charge in [0.1, 0.15) is 5.75 Å². The zero-order valence-electron chi connectivity index (χ0n) is 20.4. The Morgan fingerprint density at radius 1 is 0.882 bits per heavy atom. The maximum absolute atomic E-state index is 6.98. The molecule has 0 atom stereocenters. The molecule has 34 heavy (non-hydrogen) atoms. The molecule has 0 aliphatic rings.